The van der Waals surface area contributed by atoms with Gasteiger partial charge in [0.2, 0.25) is 0 Å². The number of hydrogen-bond acceptors (Lipinski definition) is 3. The van der Waals surface area contributed by atoms with Crippen LogP contribution in [0.5, 0.6) is 0 Å². The van der Waals surface area contributed by atoms with Crippen molar-refractivity contribution in [1.82, 2.24) is 9.97 Å². The highest BCUT2D eigenvalue weighted by Crippen LogP contribution is 2.22. The Kier molecular flexibility index (Phi) is 2.14. The molecule has 0 aliphatic rings. The van der Waals surface area contributed by atoms with Crippen LogP contribution in [0.15, 0.2) is 17.1 Å². The van der Waals surface area contributed by atoms with Gasteiger partial charge in [-0.15, -0.1) is 0 Å². The van der Waals surface area contributed by atoms with Crippen LogP contribution >= 0.6 is 11.6 Å². The molecule has 6 heteroatoms. The molecule has 0 aliphatic heterocycles. The lowest BCUT2D eigenvalue weighted by Crippen LogP contribution is -2.11. The van der Waals surface area contributed by atoms with Crippen molar-refractivity contribution in [1.29, 1.82) is 5.26 Å². The second-order valence-corrected chi connectivity index (χ2v) is 3.18. The number of aromatic nitrogens is 2. The van der Waals surface area contributed by atoms with E-state index in [0.29, 0.717) is 0 Å². The van der Waals surface area contributed by atoms with E-state index in [4.69, 9.17) is 16.9 Å². The molecule has 1 N–H and O–H groups in total. The van der Waals surface area contributed by atoms with E-state index >= 15 is 0 Å². The van der Waals surface area contributed by atoms with Crippen LogP contribution in [0.4, 0.5) is 4.39 Å². The number of aromatic amines is 1. The fourth-order valence-corrected chi connectivity index (χ4v) is 1.48. The average molecular weight is 224 g/mol. The first-order chi connectivity index (χ1) is 7.13. The van der Waals surface area contributed by atoms with Crippen molar-refractivity contribution in [3.8, 4) is 6.07 Å². The maximum Gasteiger partial charge on any atom is 0.269 e. The number of nitriles is 1. The maximum absolute atomic E-state index is 12.9. The Bertz CT molecular complexity index is 644. The van der Waals surface area contributed by atoms with Gasteiger partial charge in [0.15, 0.2) is 0 Å². The Hall–Kier alpha value is -1.93. The van der Waals surface area contributed by atoms with Crippen LogP contribution in [0.3, 0.4) is 0 Å². The molecule has 2 heterocycles. The van der Waals surface area contributed by atoms with E-state index in [1.54, 1.807) is 6.07 Å². The summed E-state index contributed by atoms with van der Waals surface area (Å²) in [7, 11) is 0. The van der Waals surface area contributed by atoms with Gasteiger partial charge in [0.05, 0.1) is 11.2 Å². The minimum absolute atomic E-state index is 0.0803. The van der Waals surface area contributed by atoms with E-state index in [0.717, 1.165) is 12.3 Å². The van der Waals surface area contributed by atoms with Crippen LogP contribution in [0.25, 0.3) is 11.0 Å². The van der Waals surface area contributed by atoms with Gasteiger partial charge in [-0.1, -0.05) is 11.6 Å². The minimum Gasteiger partial charge on any atom is -0.305 e. The van der Waals surface area contributed by atoms with Crippen LogP contribution in [-0.2, 0) is 0 Å². The van der Waals surface area contributed by atoms with Crippen molar-refractivity contribution < 1.29 is 4.39 Å². The van der Waals surface area contributed by atoms with Crippen LogP contribution in [-0.4, -0.2) is 9.97 Å². The van der Waals surface area contributed by atoms with Crippen LogP contribution in [0.2, 0.25) is 5.02 Å². The lowest BCUT2D eigenvalue weighted by molar-refractivity contribution is 0.624. The van der Waals surface area contributed by atoms with Crippen molar-refractivity contribution in [2.45, 2.75) is 0 Å². The van der Waals surface area contributed by atoms with Crippen molar-refractivity contribution in [3.63, 3.8) is 0 Å². The van der Waals surface area contributed by atoms with E-state index in [1.165, 1.54) is 0 Å². The van der Waals surface area contributed by atoms with Gasteiger partial charge in [-0.2, -0.15) is 5.26 Å². The van der Waals surface area contributed by atoms with E-state index in [-0.39, 0.29) is 21.6 Å². The SMILES string of the molecule is N#Cc1c(Cl)c2cc(F)cnc2[nH]c1=O. The molecular weight excluding hydrogens is 221 g/mol. The zero-order chi connectivity index (χ0) is 11.0. The molecule has 2 rings (SSSR count). The van der Waals surface area contributed by atoms with Crippen LogP contribution in [0, 0.1) is 17.1 Å². The molecule has 0 atom stereocenters. The summed E-state index contributed by atoms with van der Waals surface area (Å²) in [5.74, 6) is -0.583. The Morgan fingerprint density at radius 1 is 1.60 bits per heavy atom. The number of fused-ring (bicyclic) bond motifs is 1. The summed E-state index contributed by atoms with van der Waals surface area (Å²) in [6.45, 7) is 0. The summed E-state index contributed by atoms with van der Waals surface area (Å²) < 4.78 is 12.9. The molecule has 0 amide bonds. The van der Waals surface area contributed by atoms with Gasteiger partial charge in [0.25, 0.3) is 5.56 Å². The summed E-state index contributed by atoms with van der Waals surface area (Å²) in [4.78, 5) is 17.3. The first kappa shape index (κ1) is 9.62. The molecule has 0 aromatic carbocycles. The Labute approximate surface area is 87.9 Å². The topological polar surface area (TPSA) is 69.5 Å². The molecule has 74 valence electrons. The molecule has 0 saturated heterocycles. The lowest BCUT2D eigenvalue weighted by Gasteiger charge is -2.00. The zero-order valence-corrected chi connectivity index (χ0v) is 7.97. The monoisotopic (exact) mass is 223 g/mol. The van der Waals surface area contributed by atoms with Gasteiger partial charge in [-0.3, -0.25) is 4.79 Å². The predicted molar refractivity (Wildman–Crippen MR) is 52.0 cm³/mol. The Morgan fingerprint density at radius 2 is 2.33 bits per heavy atom. The Balaban J connectivity index is 3.00. The molecular formula is C9H3ClFN3O. The van der Waals surface area contributed by atoms with Gasteiger partial charge in [0, 0.05) is 5.39 Å². The number of H-pyrrole nitrogens is 1. The average Bonchev–Trinajstić information content (AvgIpc) is 2.20. The fourth-order valence-electron chi connectivity index (χ4n) is 1.21. The molecule has 0 fully saturated rings. The largest absolute Gasteiger partial charge is 0.305 e. The van der Waals surface area contributed by atoms with Crippen molar-refractivity contribution in [3.05, 3.63) is 39.0 Å². The summed E-state index contributed by atoms with van der Waals surface area (Å²) in [5, 5.41) is 8.79. The maximum atomic E-state index is 12.9. The molecule has 0 spiro atoms. The number of nitrogens with one attached hydrogen (secondary N) is 1. The van der Waals surface area contributed by atoms with Crippen LogP contribution < -0.4 is 5.56 Å². The first-order valence-corrected chi connectivity index (χ1v) is 4.28. The smallest absolute Gasteiger partial charge is 0.269 e. The van der Waals surface area contributed by atoms with E-state index in [2.05, 4.69) is 9.97 Å². The number of rotatable bonds is 0. The van der Waals surface area contributed by atoms with Gasteiger partial charge in [0.1, 0.15) is 23.1 Å². The third-order valence-electron chi connectivity index (χ3n) is 1.88. The van der Waals surface area contributed by atoms with Crippen LogP contribution in [0.1, 0.15) is 5.56 Å². The molecule has 2 aromatic heterocycles. The number of nitrogens with zero attached hydrogens (tertiary/aromatic N) is 2. The quantitative estimate of drug-likeness (QED) is 0.737. The normalized spacial score (nSPS) is 10.2. The van der Waals surface area contributed by atoms with Crippen molar-refractivity contribution >= 4 is 22.6 Å². The third-order valence-corrected chi connectivity index (χ3v) is 2.27. The highest BCUT2D eigenvalue weighted by molar-refractivity contribution is 6.36. The van der Waals surface area contributed by atoms with E-state index < -0.39 is 11.4 Å². The van der Waals surface area contributed by atoms with Gasteiger partial charge in [-0.05, 0) is 6.07 Å². The minimum atomic E-state index is -0.630. The summed E-state index contributed by atoms with van der Waals surface area (Å²) in [5.41, 5.74) is -0.712. The molecule has 0 bridgehead atoms. The molecule has 0 radical (unpaired) electrons. The summed E-state index contributed by atoms with van der Waals surface area (Å²) in [6.07, 6.45) is 0.959. The van der Waals surface area contributed by atoms with Gasteiger partial charge in [-0.25, -0.2) is 9.37 Å². The highest BCUT2D eigenvalue weighted by Gasteiger charge is 2.11. The second-order valence-electron chi connectivity index (χ2n) is 2.80. The predicted octanol–water partition coefficient (Wildman–Crippen LogP) is 1.59. The molecule has 0 saturated carbocycles. The number of pyridine rings is 2. The molecule has 2 aromatic rings. The number of hydrogen-bond donors (Lipinski definition) is 1. The summed E-state index contributed by atoms with van der Waals surface area (Å²) in [6, 6.07) is 2.76. The van der Waals surface area contributed by atoms with E-state index in [1.807, 2.05) is 0 Å². The standard InChI is InChI=1S/C9H3ClFN3O/c10-7-5-1-4(11)3-13-8(5)14-9(15)6(7)2-12/h1,3H,(H,13,14,15). The molecule has 0 unspecified atom stereocenters. The highest BCUT2D eigenvalue weighted by atomic mass is 35.5. The lowest BCUT2D eigenvalue weighted by atomic mass is 10.2. The van der Waals surface area contributed by atoms with Gasteiger partial charge >= 0.3 is 0 Å². The second kappa shape index (κ2) is 3.33. The fraction of sp³-hybridized carbons (Fsp3) is 0. The molecule has 15 heavy (non-hydrogen) atoms. The number of halogens is 2. The van der Waals surface area contributed by atoms with E-state index in [9.17, 15) is 9.18 Å². The Morgan fingerprint density at radius 3 is 3.00 bits per heavy atom. The van der Waals surface area contributed by atoms with Crippen molar-refractivity contribution in [2.75, 3.05) is 0 Å². The summed E-state index contributed by atoms with van der Waals surface area (Å²) >= 11 is 5.77. The van der Waals surface area contributed by atoms with Gasteiger partial charge < -0.3 is 4.98 Å². The molecule has 0 aliphatic carbocycles. The first-order valence-electron chi connectivity index (χ1n) is 3.90. The molecule has 4 nitrogen and oxygen atoms in total. The third kappa shape index (κ3) is 1.45. The van der Waals surface area contributed by atoms with Crippen molar-refractivity contribution in [2.24, 2.45) is 0 Å². The zero-order valence-electron chi connectivity index (χ0n) is 7.21.